The molecule has 1 N–H and O–H groups in total. The zero-order chi connectivity index (χ0) is 75.8. The van der Waals surface area contributed by atoms with Crippen molar-refractivity contribution in [2.75, 3.05) is 19.8 Å². The first-order valence-corrected chi connectivity index (χ1v) is 36.0. The number of rotatable bonds is 31. The SMILES string of the molecule is O=C(OC[C@H]1O[C@H](O[C@@H]2[C@H](OC(=O)c3ccccc3)[C@@H](O[C@@H]3[C@@H](OCc4ccccc4)O[C@H](COCc4ccccc4)[C@@H](OCc4ccccc4)[C@@H]3OCc3ccccc3)O[C@H](COC(=O)c3ccccc3)[C@H]2OC(=O)c2ccccc2)[C@@H](OC(=O)c2ccccc2)[C@@H](O)[C@@H]1OC(=O)c1ccccc1)c1ccccc1. The standard InChI is InChI=1S/C88H80O22/c89-71-72(105-82(92)64-43-23-7-24-44-64)69(56-99-80(90)62-39-19-5-20-40-62)103-87(75(71)107-84(94)66-47-27-9-28-48-66)109-77-74(106-83(93)65-45-25-8-26-46-65)70(57-100-81(91)63-41-21-6-22-42-63)104-88(79(77)108-85(95)67-49-29-10-30-50-67)110-78-76(98-53-60-35-15-3-16-36-60)73(97-52-59-33-13-2-14-34-59)68(55-96-51-58-31-11-1-12-32-58)102-86(78)101-54-61-37-17-4-18-38-61/h1-50,68-79,86-89H,51-57H2/t68-,69-,70-,71+,72-,73-,74-,75+,76+,77+,78+,79+,86+,87-,88-/m1/s1. The second kappa shape index (κ2) is 38.6. The second-order valence-corrected chi connectivity index (χ2v) is 26.0. The molecule has 0 radical (unpaired) electrons. The molecular formula is C88H80O22. The third kappa shape index (κ3) is 20.5. The maximum atomic E-state index is 15.4. The van der Waals surface area contributed by atoms with Crippen molar-refractivity contribution in [3.05, 3.63) is 359 Å². The lowest BCUT2D eigenvalue weighted by atomic mass is 9.95. The molecule has 13 rings (SSSR count). The molecule has 3 fully saturated rings. The zero-order valence-corrected chi connectivity index (χ0v) is 59.5. The van der Waals surface area contributed by atoms with E-state index in [-0.39, 0.29) is 66.4 Å². The molecule has 22 nitrogen and oxygen atoms in total. The molecule has 3 saturated heterocycles. The molecule has 3 aliphatic rings. The Morgan fingerprint density at radius 2 is 0.536 bits per heavy atom. The highest BCUT2D eigenvalue weighted by molar-refractivity contribution is 5.92. The number of carbonyl (C=O) groups excluding carboxylic acids is 6. The van der Waals surface area contributed by atoms with E-state index < -0.39 is 141 Å². The van der Waals surface area contributed by atoms with Crippen LogP contribution in [0.15, 0.2) is 303 Å². The van der Waals surface area contributed by atoms with E-state index in [0.717, 1.165) is 22.3 Å². The van der Waals surface area contributed by atoms with Crippen molar-refractivity contribution in [1.82, 2.24) is 0 Å². The third-order valence-electron chi connectivity index (χ3n) is 18.4. The number of ether oxygens (including phenoxy) is 15. The fourth-order valence-corrected chi connectivity index (χ4v) is 12.8. The molecule has 564 valence electrons. The Bertz CT molecular complexity index is 4520. The molecule has 0 saturated carbocycles. The van der Waals surface area contributed by atoms with Gasteiger partial charge in [-0.1, -0.05) is 231 Å². The normalized spacial score (nSPS) is 23.6. The minimum atomic E-state index is -2.16. The molecule has 110 heavy (non-hydrogen) atoms. The number of carbonyl (C=O) groups is 6. The van der Waals surface area contributed by atoms with E-state index in [1.54, 1.807) is 109 Å². The fourth-order valence-electron chi connectivity index (χ4n) is 12.8. The molecule has 0 bridgehead atoms. The van der Waals surface area contributed by atoms with Gasteiger partial charge in [-0.15, -0.1) is 0 Å². The molecular weight excluding hydrogens is 1410 g/mol. The highest BCUT2D eigenvalue weighted by Gasteiger charge is 2.60. The van der Waals surface area contributed by atoms with Crippen LogP contribution in [0.25, 0.3) is 0 Å². The van der Waals surface area contributed by atoms with Gasteiger partial charge in [-0.05, 0) is 95.1 Å². The summed E-state index contributed by atoms with van der Waals surface area (Å²) in [4.78, 5) is 88.2. The van der Waals surface area contributed by atoms with Crippen molar-refractivity contribution in [3.8, 4) is 0 Å². The lowest BCUT2D eigenvalue weighted by Gasteiger charge is -2.50. The summed E-state index contributed by atoms with van der Waals surface area (Å²) in [5.74, 6) is -5.74. The van der Waals surface area contributed by atoms with E-state index in [1.165, 1.54) is 72.8 Å². The first kappa shape index (κ1) is 76.8. The molecule has 0 aliphatic carbocycles. The van der Waals surface area contributed by atoms with Crippen molar-refractivity contribution >= 4 is 35.8 Å². The summed E-state index contributed by atoms with van der Waals surface area (Å²) in [6, 6.07) is 84.8. The maximum Gasteiger partial charge on any atom is 0.338 e. The zero-order valence-electron chi connectivity index (χ0n) is 59.5. The molecule has 0 amide bonds. The van der Waals surface area contributed by atoms with E-state index >= 15 is 9.59 Å². The first-order valence-electron chi connectivity index (χ1n) is 36.0. The van der Waals surface area contributed by atoms with Crippen LogP contribution in [-0.4, -0.2) is 153 Å². The fraction of sp³-hybridized carbons (Fsp3) is 0.250. The number of esters is 6. The first-order chi connectivity index (χ1) is 54.0. The molecule has 3 heterocycles. The maximum absolute atomic E-state index is 15.4. The van der Waals surface area contributed by atoms with Gasteiger partial charge in [-0.2, -0.15) is 0 Å². The highest BCUT2D eigenvalue weighted by Crippen LogP contribution is 2.40. The van der Waals surface area contributed by atoms with E-state index in [0.29, 0.717) is 0 Å². The Hall–Kier alpha value is -11.4. The lowest BCUT2D eigenvalue weighted by Crippen LogP contribution is -2.68. The quantitative estimate of drug-likeness (QED) is 0.0313. The number of hydrogen-bond donors (Lipinski definition) is 1. The molecule has 0 spiro atoms. The minimum absolute atomic E-state index is 0.00451. The molecule has 22 heteroatoms. The summed E-state index contributed by atoms with van der Waals surface area (Å²) in [6.07, 6.45) is -26.1. The lowest BCUT2D eigenvalue weighted by molar-refractivity contribution is -0.389. The molecule has 0 unspecified atom stereocenters. The van der Waals surface area contributed by atoms with Crippen LogP contribution in [-0.2, 0) is 97.5 Å². The summed E-state index contributed by atoms with van der Waals surface area (Å²) in [5, 5.41) is 13.2. The summed E-state index contributed by atoms with van der Waals surface area (Å²) in [7, 11) is 0. The van der Waals surface area contributed by atoms with Gasteiger partial charge in [0.05, 0.1) is 66.4 Å². The molecule has 10 aromatic rings. The van der Waals surface area contributed by atoms with Gasteiger partial charge in [0.1, 0.15) is 62.0 Å². The van der Waals surface area contributed by atoms with Gasteiger partial charge >= 0.3 is 35.8 Å². The van der Waals surface area contributed by atoms with Gasteiger partial charge in [-0.25, -0.2) is 28.8 Å². The Kier molecular flexibility index (Phi) is 27.0. The number of aliphatic hydroxyl groups is 1. The van der Waals surface area contributed by atoms with Gasteiger partial charge in [-0.3, -0.25) is 0 Å². The van der Waals surface area contributed by atoms with Crippen LogP contribution in [0.4, 0.5) is 0 Å². The Labute approximate surface area is 635 Å². The van der Waals surface area contributed by atoms with Crippen LogP contribution in [0.5, 0.6) is 0 Å². The van der Waals surface area contributed by atoms with Crippen LogP contribution in [0.2, 0.25) is 0 Å². The van der Waals surface area contributed by atoms with Crippen molar-refractivity contribution in [2.45, 2.75) is 119 Å². The van der Waals surface area contributed by atoms with Gasteiger partial charge in [0.25, 0.3) is 0 Å². The second-order valence-electron chi connectivity index (χ2n) is 26.0. The van der Waals surface area contributed by atoms with Crippen molar-refractivity contribution < 1.29 is 105 Å². The monoisotopic (exact) mass is 1490 g/mol. The Balaban J connectivity index is 0.977. The molecule has 0 aromatic heterocycles. The topological polar surface area (TPSA) is 261 Å². The number of aliphatic hydroxyl groups excluding tert-OH is 1. The Morgan fingerprint density at radius 1 is 0.255 bits per heavy atom. The summed E-state index contributed by atoms with van der Waals surface area (Å²) in [6.45, 7) is -1.60. The summed E-state index contributed by atoms with van der Waals surface area (Å²) >= 11 is 0. The van der Waals surface area contributed by atoms with Crippen LogP contribution < -0.4 is 0 Å². The van der Waals surface area contributed by atoms with E-state index in [2.05, 4.69) is 0 Å². The molecule has 10 aromatic carbocycles. The predicted octanol–water partition coefficient (Wildman–Crippen LogP) is 12.5. The van der Waals surface area contributed by atoms with Gasteiger partial charge < -0.3 is 76.2 Å². The largest absolute Gasteiger partial charge is 0.459 e. The highest BCUT2D eigenvalue weighted by atomic mass is 16.8. The van der Waals surface area contributed by atoms with E-state index in [9.17, 15) is 24.3 Å². The van der Waals surface area contributed by atoms with Crippen LogP contribution in [0.1, 0.15) is 84.4 Å². The smallest absolute Gasteiger partial charge is 0.338 e. The van der Waals surface area contributed by atoms with Crippen LogP contribution in [0, 0.1) is 0 Å². The average molecular weight is 1490 g/mol. The van der Waals surface area contributed by atoms with E-state index in [4.69, 9.17) is 71.1 Å². The Morgan fingerprint density at radius 3 is 0.936 bits per heavy atom. The van der Waals surface area contributed by atoms with Gasteiger partial charge in [0.15, 0.2) is 43.3 Å². The van der Waals surface area contributed by atoms with Crippen LogP contribution >= 0.6 is 0 Å². The van der Waals surface area contributed by atoms with Crippen molar-refractivity contribution in [3.63, 3.8) is 0 Å². The average Bonchev–Trinajstić information content (AvgIpc) is 0.755. The van der Waals surface area contributed by atoms with Crippen LogP contribution in [0.3, 0.4) is 0 Å². The van der Waals surface area contributed by atoms with Crippen molar-refractivity contribution in [2.24, 2.45) is 0 Å². The predicted molar refractivity (Wildman–Crippen MR) is 395 cm³/mol. The van der Waals surface area contributed by atoms with Gasteiger partial charge in [0.2, 0.25) is 0 Å². The summed E-state index contributed by atoms with van der Waals surface area (Å²) in [5.41, 5.74) is 3.37. The minimum Gasteiger partial charge on any atom is -0.459 e. The third-order valence-corrected chi connectivity index (χ3v) is 18.4. The van der Waals surface area contributed by atoms with E-state index in [1.807, 2.05) is 121 Å². The molecule has 3 aliphatic heterocycles. The van der Waals surface area contributed by atoms with Gasteiger partial charge in [0, 0.05) is 0 Å². The number of hydrogen-bond acceptors (Lipinski definition) is 22. The number of benzene rings is 10. The van der Waals surface area contributed by atoms with Crippen molar-refractivity contribution in [1.29, 1.82) is 0 Å². The molecule has 15 atom stereocenters. The summed E-state index contributed by atoms with van der Waals surface area (Å²) < 4.78 is 102.